The number of allylic oxidation sites excluding steroid dienone is 1. The Hall–Kier alpha value is -1.12. The van der Waals surface area contributed by atoms with Gasteiger partial charge in [0, 0.05) is 12.1 Å². The van der Waals surface area contributed by atoms with Crippen molar-refractivity contribution in [3.05, 3.63) is 24.2 Å². The monoisotopic (exact) mass is 127 g/mol. The first-order chi connectivity index (χ1) is 4.20. The molecule has 0 spiro atoms. The smallest absolute Gasteiger partial charge is 0.283 e. The van der Waals surface area contributed by atoms with Gasteiger partial charge in [-0.15, -0.1) is 0 Å². The van der Waals surface area contributed by atoms with Crippen LogP contribution < -0.4 is 5.32 Å². The number of nitrogens with one attached hydrogen (secondary N) is 1. The maximum Gasteiger partial charge on any atom is 0.283 e. The van der Waals surface area contributed by atoms with Gasteiger partial charge in [0.25, 0.3) is 5.91 Å². The predicted octanol–water partition coefficient (Wildman–Crippen LogP) is 0.873. The van der Waals surface area contributed by atoms with E-state index in [1.54, 1.807) is 0 Å². The summed E-state index contributed by atoms with van der Waals surface area (Å²) in [4.78, 5) is 10.4. The van der Waals surface area contributed by atoms with Crippen LogP contribution in [0.2, 0.25) is 0 Å². The molecular weight excluding hydrogens is 121 g/mol. The lowest BCUT2D eigenvalue weighted by molar-refractivity contribution is -0.118. The van der Waals surface area contributed by atoms with Crippen molar-refractivity contribution in [3.8, 4) is 0 Å². The number of rotatable bonds is 0. The second-order valence-electron chi connectivity index (χ2n) is 1.81. The largest absolute Gasteiger partial charge is 0.324 e. The fraction of sp³-hybridized carbons (Fsp3) is 0.167. The first-order valence-electron chi connectivity index (χ1n) is 2.55. The van der Waals surface area contributed by atoms with Crippen molar-refractivity contribution in [1.82, 2.24) is 5.32 Å². The van der Waals surface area contributed by atoms with Gasteiger partial charge in [-0.3, -0.25) is 4.79 Å². The van der Waals surface area contributed by atoms with Crippen molar-refractivity contribution in [2.45, 2.75) is 6.42 Å². The average Bonchev–Trinajstić information content (AvgIpc) is 1.80. The van der Waals surface area contributed by atoms with E-state index in [-0.39, 0.29) is 0 Å². The fourth-order valence-electron chi connectivity index (χ4n) is 0.577. The predicted molar refractivity (Wildman–Crippen MR) is 31.1 cm³/mol. The Morgan fingerprint density at radius 2 is 2.44 bits per heavy atom. The molecule has 0 unspecified atom stereocenters. The molecule has 1 aliphatic heterocycles. The Labute approximate surface area is 52.1 Å². The highest BCUT2D eigenvalue weighted by atomic mass is 19.1. The summed E-state index contributed by atoms with van der Waals surface area (Å²) < 4.78 is 12.2. The molecule has 1 heterocycles. The molecule has 1 rings (SSSR count). The second kappa shape index (κ2) is 2.01. The molecule has 1 amide bonds. The molecule has 0 aromatic rings. The minimum absolute atomic E-state index is 0.400. The minimum Gasteiger partial charge on any atom is -0.324 e. The number of carbonyl (C=O) groups excluding carboxylic acids is 1. The number of carbonyl (C=O) groups is 1. The Balaban J connectivity index is 2.79. The molecule has 0 atom stereocenters. The summed E-state index contributed by atoms with van der Waals surface area (Å²) in [6.45, 7) is 3.46. The molecule has 0 aromatic carbocycles. The van der Waals surface area contributed by atoms with E-state index in [9.17, 15) is 9.18 Å². The van der Waals surface area contributed by atoms with Crippen LogP contribution in [-0.2, 0) is 4.79 Å². The Bertz CT molecular complexity index is 195. The number of halogens is 1. The minimum atomic E-state index is -0.720. The number of hydrogen-bond acceptors (Lipinski definition) is 1. The summed E-state index contributed by atoms with van der Waals surface area (Å²) in [6, 6.07) is 0. The second-order valence-corrected chi connectivity index (χ2v) is 1.81. The molecule has 1 N–H and O–H groups in total. The molecule has 3 heteroatoms. The fourth-order valence-corrected chi connectivity index (χ4v) is 0.577. The summed E-state index contributed by atoms with van der Waals surface area (Å²) in [7, 11) is 0. The van der Waals surface area contributed by atoms with E-state index in [0.717, 1.165) is 0 Å². The zero-order chi connectivity index (χ0) is 6.85. The molecule has 0 fully saturated rings. The molecular formula is C6H6FNO. The van der Waals surface area contributed by atoms with Crippen LogP contribution in [0.15, 0.2) is 24.2 Å². The average molecular weight is 127 g/mol. The molecule has 48 valence electrons. The summed E-state index contributed by atoms with van der Waals surface area (Å²) in [5.74, 6) is -1.41. The maximum atomic E-state index is 12.2. The van der Waals surface area contributed by atoms with E-state index in [2.05, 4.69) is 11.9 Å². The topological polar surface area (TPSA) is 29.1 Å². The van der Waals surface area contributed by atoms with Crippen LogP contribution in [0.5, 0.6) is 0 Å². The highest BCUT2D eigenvalue weighted by molar-refractivity contribution is 5.93. The van der Waals surface area contributed by atoms with Crippen LogP contribution in [-0.4, -0.2) is 5.91 Å². The summed E-state index contributed by atoms with van der Waals surface area (Å²) >= 11 is 0. The van der Waals surface area contributed by atoms with Crippen molar-refractivity contribution in [1.29, 1.82) is 0 Å². The Morgan fingerprint density at radius 3 is 2.89 bits per heavy atom. The summed E-state index contributed by atoms with van der Waals surface area (Å²) in [5.41, 5.74) is 0.543. The third-order valence-corrected chi connectivity index (χ3v) is 1.03. The van der Waals surface area contributed by atoms with Crippen LogP contribution in [0.1, 0.15) is 6.42 Å². The lowest BCUT2D eigenvalue weighted by Gasteiger charge is -2.08. The van der Waals surface area contributed by atoms with Gasteiger partial charge in [0.2, 0.25) is 0 Å². The van der Waals surface area contributed by atoms with Gasteiger partial charge in [0.05, 0.1) is 0 Å². The first kappa shape index (κ1) is 6.01. The molecule has 0 saturated heterocycles. The number of hydrogen-bond donors (Lipinski definition) is 1. The molecule has 0 saturated carbocycles. The highest BCUT2D eigenvalue weighted by Gasteiger charge is 2.13. The molecule has 0 radical (unpaired) electrons. The first-order valence-corrected chi connectivity index (χ1v) is 2.55. The van der Waals surface area contributed by atoms with Gasteiger partial charge in [0.1, 0.15) is 0 Å². The lowest BCUT2D eigenvalue weighted by atomic mass is 10.2. The van der Waals surface area contributed by atoms with Crippen molar-refractivity contribution in [2.24, 2.45) is 0 Å². The van der Waals surface area contributed by atoms with E-state index >= 15 is 0 Å². The standard InChI is InChI=1S/C6H6FNO/c1-4-2-3-5(7)6(9)8-4/h3H,1-2H2,(H,8,9). The van der Waals surface area contributed by atoms with Gasteiger partial charge in [-0.1, -0.05) is 6.58 Å². The summed E-state index contributed by atoms with van der Waals surface area (Å²) in [6.07, 6.45) is 1.61. The Morgan fingerprint density at radius 1 is 1.78 bits per heavy atom. The van der Waals surface area contributed by atoms with Crippen LogP contribution in [0.4, 0.5) is 4.39 Å². The lowest BCUT2D eigenvalue weighted by Crippen LogP contribution is -2.25. The quantitative estimate of drug-likeness (QED) is 0.514. The van der Waals surface area contributed by atoms with Crippen molar-refractivity contribution < 1.29 is 9.18 Å². The van der Waals surface area contributed by atoms with Gasteiger partial charge in [0.15, 0.2) is 5.83 Å². The van der Waals surface area contributed by atoms with E-state index in [0.29, 0.717) is 12.1 Å². The van der Waals surface area contributed by atoms with Crippen LogP contribution in [0.25, 0.3) is 0 Å². The third kappa shape index (κ3) is 1.16. The molecule has 0 aliphatic carbocycles. The Kier molecular flexibility index (Phi) is 1.34. The molecule has 0 aromatic heterocycles. The van der Waals surface area contributed by atoms with Crippen molar-refractivity contribution in [2.75, 3.05) is 0 Å². The van der Waals surface area contributed by atoms with Gasteiger partial charge in [-0.25, -0.2) is 4.39 Å². The third-order valence-electron chi connectivity index (χ3n) is 1.03. The normalized spacial score (nSPS) is 19.0. The summed E-state index contributed by atoms with van der Waals surface area (Å²) in [5, 5.41) is 2.25. The molecule has 9 heavy (non-hydrogen) atoms. The van der Waals surface area contributed by atoms with Gasteiger partial charge in [-0.2, -0.15) is 0 Å². The zero-order valence-electron chi connectivity index (χ0n) is 4.78. The maximum absolute atomic E-state index is 12.2. The molecule has 1 aliphatic rings. The van der Waals surface area contributed by atoms with Crippen molar-refractivity contribution in [3.63, 3.8) is 0 Å². The van der Waals surface area contributed by atoms with E-state index in [1.807, 2.05) is 0 Å². The zero-order valence-corrected chi connectivity index (χ0v) is 4.78. The van der Waals surface area contributed by atoms with E-state index in [4.69, 9.17) is 0 Å². The van der Waals surface area contributed by atoms with E-state index in [1.165, 1.54) is 6.08 Å². The van der Waals surface area contributed by atoms with Gasteiger partial charge < -0.3 is 5.32 Å². The SMILES string of the molecule is C=C1CC=C(F)C(=O)N1. The van der Waals surface area contributed by atoms with Crippen LogP contribution >= 0.6 is 0 Å². The number of amides is 1. The van der Waals surface area contributed by atoms with Crippen molar-refractivity contribution >= 4 is 5.91 Å². The van der Waals surface area contributed by atoms with Crippen LogP contribution in [0.3, 0.4) is 0 Å². The van der Waals surface area contributed by atoms with Gasteiger partial charge in [-0.05, 0) is 6.08 Å². The molecule has 2 nitrogen and oxygen atoms in total. The molecule has 0 bridgehead atoms. The highest BCUT2D eigenvalue weighted by Crippen LogP contribution is 2.08. The van der Waals surface area contributed by atoms with Crippen LogP contribution in [0, 0.1) is 0 Å². The van der Waals surface area contributed by atoms with Gasteiger partial charge >= 0.3 is 0 Å². The van der Waals surface area contributed by atoms with E-state index < -0.39 is 11.7 Å².